The van der Waals surface area contributed by atoms with E-state index in [1.807, 2.05) is 0 Å². The third kappa shape index (κ3) is 1.51. The molecule has 0 saturated carbocycles. The molecule has 0 bridgehead atoms. The van der Waals surface area contributed by atoms with Crippen LogP contribution in [0.2, 0.25) is 0 Å². The minimum Gasteiger partial charge on any atom is -0.394 e. The molecule has 1 saturated heterocycles. The van der Waals surface area contributed by atoms with E-state index in [1.165, 1.54) is 6.92 Å². The van der Waals surface area contributed by atoms with Gasteiger partial charge in [-0.25, -0.2) is 0 Å². The first-order valence-corrected chi connectivity index (χ1v) is 3.82. The smallest absolute Gasteiger partial charge is 0.110 e. The van der Waals surface area contributed by atoms with Gasteiger partial charge in [0.1, 0.15) is 14.0 Å². The summed E-state index contributed by atoms with van der Waals surface area (Å²) in [5, 5.41) is 21.7. The fraction of sp³-hybridized carbons (Fsp3) is 1.00. The number of rotatable bonds is 2. The maximum Gasteiger partial charge on any atom is 0.110 e. The molecule has 0 aromatic heterocycles. The largest absolute Gasteiger partial charge is 0.394 e. The lowest BCUT2D eigenvalue weighted by Gasteiger charge is -2.24. The summed E-state index contributed by atoms with van der Waals surface area (Å²) in [6, 6.07) is -0.893. The van der Waals surface area contributed by atoms with E-state index in [2.05, 4.69) is 10.0 Å². The Morgan fingerprint density at radius 3 is 2.77 bits per heavy atom. The Morgan fingerprint density at radius 1 is 1.77 bits per heavy atom. The van der Waals surface area contributed by atoms with Crippen molar-refractivity contribution in [1.82, 2.24) is 0 Å². The quantitative estimate of drug-likeness (QED) is 0.256. The van der Waals surface area contributed by atoms with Crippen molar-refractivity contribution in [2.75, 3.05) is 6.61 Å². The van der Waals surface area contributed by atoms with Gasteiger partial charge in [-0.1, -0.05) is 5.11 Å². The third-order valence-corrected chi connectivity index (χ3v) is 2.29. The summed E-state index contributed by atoms with van der Waals surface area (Å²) in [4.78, 5) is 2.58. The maximum atomic E-state index is 9.58. The van der Waals surface area contributed by atoms with E-state index in [-0.39, 0.29) is 6.61 Å². The molecule has 2 N–H and O–H groups in total. The maximum absolute atomic E-state index is 9.58. The second-order valence-electron chi connectivity index (χ2n) is 3.14. The van der Waals surface area contributed by atoms with Crippen LogP contribution >= 0.6 is 0 Å². The molecule has 4 atom stereocenters. The summed E-state index contributed by atoms with van der Waals surface area (Å²) < 4.78 is 5.00. The highest BCUT2D eigenvalue weighted by Crippen LogP contribution is 2.32. The Morgan fingerprint density at radius 2 is 2.38 bits per heavy atom. The van der Waals surface area contributed by atoms with Crippen molar-refractivity contribution in [3.8, 4) is 0 Å². The highest BCUT2D eigenvalue weighted by Gasteiger charge is 2.49. The molecule has 0 aromatic carbocycles. The Balaban J connectivity index is 2.91. The molecule has 1 unspecified atom stereocenters. The van der Waals surface area contributed by atoms with Gasteiger partial charge < -0.3 is 14.9 Å². The van der Waals surface area contributed by atoms with E-state index in [1.54, 1.807) is 0 Å². The van der Waals surface area contributed by atoms with Gasteiger partial charge in [-0.15, -0.1) is 0 Å². The molecule has 13 heavy (non-hydrogen) atoms. The Kier molecular flexibility index (Phi) is 2.82. The lowest BCUT2D eigenvalue weighted by Crippen LogP contribution is -2.44. The first kappa shape index (κ1) is 10.3. The highest BCUT2D eigenvalue weighted by molar-refractivity contribution is 6.12. The number of aliphatic hydroxyl groups is 2. The zero-order valence-electron chi connectivity index (χ0n) is 7.16. The van der Waals surface area contributed by atoms with Crippen molar-refractivity contribution in [2.24, 2.45) is 5.11 Å². The summed E-state index contributed by atoms with van der Waals surface area (Å²) >= 11 is 0. The van der Waals surface area contributed by atoms with E-state index in [4.69, 9.17) is 23.2 Å². The molecule has 0 spiro atoms. The van der Waals surface area contributed by atoms with Gasteiger partial charge in [0.05, 0.1) is 18.2 Å². The van der Waals surface area contributed by atoms with Crippen LogP contribution in [-0.4, -0.2) is 48.4 Å². The second kappa shape index (κ2) is 3.55. The molecular formula is C6H10BN3O3. The van der Waals surface area contributed by atoms with Gasteiger partial charge in [0.25, 0.3) is 0 Å². The average Bonchev–Trinajstić information content (AvgIpc) is 2.31. The Hall–Kier alpha value is -0.745. The fourth-order valence-electron chi connectivity index (χ4n) is 1.30. The van der Waals surface area contributed by atoms with Gasteiger partial charge in [-0.05, 0) is 12.5 Å². The molecule has 7 heteroatoms. The SMILES string of the molecule is [B][C@@H]1O[C@H](CO)[C@@H](O)C1(C)N=[N+]=[N-]. The molecule has 0 amide bonds. The molecule has 1 fully saturated rings. The van der Waals surface area contributed by atoms with Crippen molar-refractivity contribution >= 4 is 7.85 Å². The third-order valence-electron chi connectivity index (χ3n) is 2.29. The van der Waals surface area contributed by atoms with E-state index in [0.717, 1.165) is 0 Å². The number of azide groups is 1. The second-order valence-corrected chi connectivity index (χ2v) is 3.14. The van der Waals surface area contributed by atoms with Gasteiger partial charge in [0.15, 0.2) is 0 Å². The van der Waals surface area contributed by atoms with Crippen LogP contribution in [0.1, 0.15) is 6.92 Å². The van der Waals surface area contributed by atoms with Crippen LogP contribution < -0.4 is 0 Å². The molecule has 2 radical (unpaired) electrons. The number of ether oxygens (including phenoxy) is 1. The van der Waals surface area contributed by atoms with Crippen molar-refractivity contribution < 1.29 is 14.9 Å². The summed E-state index contributed by atoms with van der Waals surface area (Å²) in [7, 11) is 5.50. The van der Waals surface area contributed by atoms with Crippen molar-refractivity contribution in [2.45, 2.75) is 30.7 Å². The molecule has 6 nitrogen and oxygen atoms in total. The number of aliphatic hydroxyl groups excluding tert-OH is 2. The first-order valence-electron chi connectivity index (χ1n) is 3.82. The molecule has 1 aliphatic rings. The fourth-order valence-corrected chi connectivity index (χ4v) is 1.30. The average molecular weight is 183 g/mol. The minimum atomic E-state index is -1.21. The summed E-state index contributed by atoms with van der Waals surface area (Å²) in [5.41, 5.74) is 7.05. The zero-order chi connectivity index (χ0) is 10.1. The molecule has 1 heterocycles. The monoisotopic (exact) mass is 183 g/mol. The topological polar surface area (TPSA) is 98.5 Å². The standard InChI is InChI=1S/C6H10BN3O3/c1-6(9-10-8)4(12)3(2-11)13-5(6)7/h3-5,11-12H,2H2,1H3/t3-,4-,5-,6?/m1/s1. The van der Waals surface area contributed by atoms with Gasteiger partial charge in [-0.3, -0.25) is 0 Å². The van der Waals surface area contributed by atoms with Gasteiger partial charge in [0, 0.05) is 10.9 Å². The van der Waals surface area contributed by atoms with E-state index < -0.39 is 23.8 Å². The lowest BCUT2D eigenvalue weighted by molar-refractivity contribution is -0.00538. The number of hydrogen-bond donors (Lipinski definition) is 2. The molecule has 70 valence electrons. The highest BCUT2D eigenvalue weighted by atomic mass is 16.5. The Bertz CT molecular complexity index is 245. The Labute approximate surface area is 76.5 Å². The van der Waals surface area contributed by atoms with Crippen LogP contribution in [0.4, 0.5) is 0 Å². The van der Waals surface area contributed by atoms with Gasteiger partial charge in [-0.2, -0.15) is 0 Å². The minimum absolute atomic E-state index is 0.356. The molecule has 0 aromatic rings. The van der Waals surface area contributed by atoms with Crippen molar-refractivity contribution in [3.63, 3.8) is 0 Å². The van der Waals surface area contributed by atoms with Crippen LogP contribution in [0, 0.1) is 0 Å². The molecule has 1 rings (SSSR count). The van der Waals surface area contributed by atoms with Gasteiger partial charge in [0.2, 0.25) is 0 Å². The van der Waals surface area contributed by atoms with E-state index >= 15 is 0 Å². The predicted octanol–water partition coefficient (Wildman–Crippen LogP) is -0.698. The zero-order valence-corrected chi connectivity index (χ0v) is 7.16. The van der Waals surface area contributed by atoms with Crippen LogP contribution in [0.5, 0.6) is 0 Å². The number of hydrogen-bond acceptors (Lipinski definition) is 4. The van der Waals surface area contributed by atoms with Crippen molar-refractivity contribution in [1.29, 1.82) is 0 Å². The van der Waals surface area contributed by atoms with Crippen LogP contribution in [0.15, 0.2) is 5.11 Å². The first-order chi connectivity index (χ1) is 6.06. The van der Waals surface area contributed by atoms with Crippen LogP contribution in [0.3, 0.4) is 0 Å². The molecule has 1 aliphatic heterocycles. The van der Waals surface area contributed by atoms with Gasteiger partial charge >= 0.3 is 0 Å². The molecule has 0 aliphatic carbocycles. The summed E-state index contributed by atoms with van der Waals surface area (Å²) in [6.07, 6.45) is -1.87. The predicted molar refractivity (Wildman–Crippen MR) is 45.1 cm³/mol. The summed E-state index contributed by atoms with van der Waals surface area (Å²) in [5.74, 6) is 0. The van der Waals surface area contributed by atoms with Crippen molar-refractivity contribution in [3.05, 3.63) is 10.4 Å². The van der Waals surface area contributed by atoms with Crippen LogP contribution in [0.25, 0.3) is 10.4 Å². The van der Waals surface area contributed by atoms with E-state index in [0.29, 0.717) is 0 Å². The normalized spacial score (nSPS) is 44.4. The lowest BCUT2D eigenvalue weighted by atomic mass is 9.79. The summed E-state index contributed by atoms with van der Waals surface area (Å²) in [6.45, 7) is 1.13. The van der Waals surface area contributed by atoms with Crippen LogP contribution in [-0.2, 0) is 4.74 Å². The molecular weight excluding hydrogens is 173 g/mol. The van der Waals surface area contributed by atoms with E-state index in [9.17, 15) is 5.11 Å². The number of nitrogens with zero attached hydrogens (tertiary/aromatic N) is 3.